The lowest BCUT2D eigenvalue weighted by Crippen LogP contribution is -2.22. The molecule has 20 heavy (non-hydrogen) atoms. The number of halogens is 4. The molecule has 106 valence electrons. The monoisotopic (exact) mass is 344 g/mol. The Morgan fingerprint density at radius 3 is 2.60 bits per heavy atom. The van der Waals surface area contributed by atoms with Crippen LogP contribution in [0.2, 0.25) is 0 Å². The van der Waals surface area contributed by atoms with Crippen LogP contribution in [0, 0.1) is 17.5 Å². The molecule has 0 fully saturated rings. The number of nitrogens with one attached hydrogen (secondary N) is 1. The van der Waals surface area contributed by atoms with Crippen LogP contribution in [0.25, 0.3) is 0 Å². The Balaban J connectivity index is 2.37. The molecule has 6 heteroatoms. The molecular formula is C14H12BrF3N2. The van der Waals surface area contributed by atoms with E-state index in [-0.39, 0.29) is 22.2 Å². The van der Waals surface area contributed by atoms with Crippen molar-refractivity contribution in [2.24, 2.45) is 0 Å². The quantitative estimate of drug-likeness (QED) is 0.854. The Morgan fingerprint density at radius 1 is 1.20 bits per heavy atom. The first-order chi connectivity index (χ1) is 9.54. The van der Waals surface area contributed by atoms with Crippen molar-refractivity contribution in [3.8, 4) is 0 Å². The van der Waals surface area contributed by atoms with E-state index in [1.54, 1.807) is 7.05 Å². The van der Waals surface area contributed by atoms with Gasteiger partial charge >= 0.3 is 0 Å². The molecule has 0 aliphatic heterocycles. The predicted octanol–water partition coefficient (Wildman–Crippen LogP) is 3.76. The Kier molecular flexibility index (Phi) is 4.77. The second-order valence-electron chi connectivity index (χ2n) is 4.24. The Hall–Kier alpha value is -1.40. The number of benzene rings is 1. The summed E-state index contributed by atoms with van der Waals surface area (Å²) in [5, 5.41) is 2.83. The maximum absolute atomic E-state index is 13.9. The topological polar surface area (TPSA) is 24.9 Å². The number of likely N-dealkylation sites (N-methyl/N-ethyl adjacent to an activating group) is 1. The van der Waals surface area contributed by atoms with Gasteiger partial charge in [0, 0.05) is 11.8 Å². The second kappa shape index (κ2) is 6.37. The predicted molar refractivity (Wildman–Crippen MR) is 73.8 cm³/mol. The molecule has 0 spiro atoms. The summed E-state index contributed by atoms with van der Waals surface area (Å²) in [7, 11) is 1.59. The fraction of sp³-hybridized carbons (Fsp3) is 0.214. The van der Waals surface area contributed by atoms with Gasteiger partial charge in [0.15, 0.2) is 0 Å². The van der Waals surface area contributed by atoms with Crippen molar-refractivity contribution in [2.75, 3.05) is 7.05 Å². The summed E-state index contributed by atoms with van der Waals surface area (Å²) in [6.45, 7) is 0. The summed E-state index contributed by atoms with van der Waals surface area (Å²) >= 11 is 3.01. The van der Waals surface area contributed by atoms with Gasteiger partial charge in [-0.3, -0.25) is 4.98 Å². The normalized spacial score (nSPS) is 12.4. The van der Waals surface area contributed by atoms with Gasteiger partial charge in [-0.15, -0.1) is 0 Å². The lowest BCUT2D eigenvalue weighted by atomic mass is 10.0. The molecule has 1 unspecified atom stereocenters. The minimum atomic E-state index is -0.679. The zero-order valence-corrected chi connectivity index (χ0v) is 12.2. The summed E-state index contributed by atoms with van der Waals surface area (Å²) in [4.78, 5) is 3.93. The van der Waals surface area contributed by atoms with E-state index in [9.17, 15) is 13.2 Å². The number of nitrogens with zero attached hydrogens (tertiary/aromatic N) is 1. The number of pyridine rings is 1. The average molecular weight is 345 g/mol. The molecule has 0 aliphatic carbocycles. The highest BCUT2D eigenvalue weighted by molar-refractivity contribution is 9.10. The highest BCUT2D eigenvalue weighted by Gasteiger charge is 2.21. The zero-order chi connectivity index (χ0) is 14.7. The van der Waals surface area contributed by atoms with Gasteiger partial charge in [-0.25, -0.2) is 13.2 Å². The lowest BCUT2D eigenvalue weighted by molar-refractivity contribution is 0.485. The maximum Gasteiger partial charge on any atom is 0.146 e. The summed E-state index contributed by atoms with van der Waals surface area (Å²) in [6.07, 6.45) is 1.40. The zero-order valence-electron chi connectivity index (χ0n) is 10.6. The second-order valence-corrected chi connectivity index (χ2v) is 5.09. The van der Waals surface area contributed by atoms with Crippen LogP contribution in [0.4, 0.5) is 13.2 Å². The molecule has 0 amide bonds. The van der Waals surface area contributed by atoms with Gasteiger partial charge in [0.1, 0.15) is 17.5 Å². The van der Waals surface area contributed by atoms with Crippen LogP contribution in [0.5, 0.6) is 0 Å². The molecule has 2 rings (SSSR count). The van der Waals surface area contributed by atoms with E-state index in [1.165, 1.54) is 30.5 Å². The SMILES string of the molecule is CNC(Cc1c(F)ccc(Br)c1F)c1ncccc1F. The van der Waals surface area contributed by atoms with Crippen molar-refractivity contribution in [1.82, 2.24) is 10.3 Å². The molecule has 2 nitrogen and oxygen atoms in total. The van der Waals surface area contributed by atoms with Crippen molar-refractivity contribution in [3.05, 3.63) is 63.6 Å². The van der Waals surface area contributed by atoms with Crippen LogP contribution < -0.4 is 5.32 Å². The van der Waals surface area contributed by atoms with E-state index in [1.807, 2.05) is 0 Å². The molecule has 0 bridgehead atoms. The van der Waals surface area contributed by atoms with Gasteiger partial charge in [-0.1, -0.05) is 0 Å². The summed E-state index contributed by atoms with van der Waals surface area (Å²) in [5.74, 6) is -1.86. The summed E-state index contributed by atoms with van der Waals surface area (Å²) in [6, 6.07) is 4.58. The number of hydrogen-bond donors (Lipinski definition) is 1. The van der Waals surface area contributed by atoms with Crippen molar-refractivity contribution < 1.29 is 13.2 Å². The first-order valence-corrected chi connectivity index (χ1v) is 6.74. The van der Waals surface area contributed by atoms with Gasteiger partial charge in [-0.05, 0) is 53.7 Å². The smallest absolute Gasteiger partial charge is 0.146 e. The molecule has 1 atom stereocenters. The standard InChI is InChI=1S/C14H12BrF3N2/c1-19-12(14-11(17)3-2-6-20-14)7-8-10(16)5-4-9(15)13(8)18/h2-6,12,19H,7H2,1H3. The molecule has 1 aromatic carbocycles. The van der Waals surface area contributed by atoms with Crippen molar-refractivity contribution in [2.45, 2.75) is 12.5 Å². The highest BCUT2D eigenvalue weighted by Crippen LogP contribution is 2.26. The van der Waals surface area contributed by atoms with E-state index in [2.05, 4.69) is 26.2 Å². The average Bonchev–Trinajstić information content (AvgIpc) is 2.45. The fourth-order valence-corrected chi connectivity index (χ4v) is 2.32. The molecule has 1 heterocycles. The number of aromatic nitrogens is 1. The van der Waals surface area contributed by atoms with Gasteiger partial charge in [0.25, 0.3) is 0 Å². The lowest BCUT2D eigenvalue weighted by Gasteiger charge is -2.17. The first-order valence-electron chi connectivity index (χ1n) is 5.94. The third-order valence-electron chi connectivity index (χ3n) is 3.01. The van der Waals surface area contributed by atoms with Gasteiger partial charge in [0.2, 0.25) is 0 Å². The van der Waals surface area contributed by atoms with Crippen molar-refractivity contribution in [1.29, 1.82) is 0 Å². The van der Waals surface area contributed by atoms with E-state index < -0.39 is 23.5 Å². The molecule has 1 aromatic heterocycles. The van der Waals surface area contributed by atoms with E-state index in [0.29, 0.717) is 0 Å². The third kappa shape index (κ3) is 3.02. The molecule has 0 aliphatic rings. The van der Waals surface area contributed by atoms with Crippen LogP contribution >= 0.6 is 15.9 Å². The van der Waals surface area contributed by atoms with Crippen molar-refractivity contribution >= 4 is 15.9 Å². The molecule has 2 aromatic rings. The van der Waals surface area contributed by atoms with E-state index in [0.717, 1.165) is 0 Å². The Bertz CT molecular complexity index is 619. The summed E-state index contributed by atoms with van der Waals surface area (Å²) in [5.41, 5.74) is 0.0255. The minimum Gasteiger partial charge on any atom is -0.311 e. The third-order valence-corrected chi connectivity index (χ3v) is 3.63. The minimum absolute atomic E-state index is 0.0401. The molecular weight excluding hydrogens is 333 g/mol. The molecule has 1 N–H and O–H groups in total. The van der Waals surface area contributed by atoms with Crippen LogP contribution in [-0.4, -0.2) is 12.0 Å². The first kappa shape index (κ1) is 15.0. The molecule has 0 radical (unpaired) electrons. The van der Waals surface area contributed by atoms with Crippen LogP contribution in [0.3, 0.4) is 0 Å². The van der Waals surface area contributed by atoms with Crippen molar-refractivity contribution in [3.63, 3.8) is 0 Å². The van der Waals surface area contributed by atoms with E-state index in [4.69, 9.17) is 0 Å². The Labute approximate surface area is 123 Å². The number of hydrogen-bond acceptors (Lipinski definition) is 2. The van der Waals surface area contributed by atoms with Crippen LogP contribution in [0.15, 0.2) is 34.9 Å². The highest BCUT2D eigenvalue weighted by atomic mass is 79.9. The van der Waals surface area contributed by atoms with Crippen LogP contribution in [0.1, 0.15) is 17.3 Å². The van der Waals surface area contributed by atoms with Crippen LogP contribution in [-0.2, 0) is 6.42 Å². The van der Waals surface area contributed by atoms with Gasteiger partial charge in [0.05, 0.1) is 16.2 Å². The summed E-state index contributed by atoms with van der Waals surface area (Å²) < 4.78 is 41.6. The number of rotatable bonds is 4. The van der Waals surface area contributed by atoms with Gasteiger partial charge < -0.3 is 5.32 Å². The molecule has 0 saturated heterocycles. The van der Waals surface area contributed by atoms with Gasteiger partial charge in [-0.2, -0.15) is 0 Å². The molecule has 0 saturated carbocycles. The Morgan fingerprint density at radius 2 is 1.95 bits per heavy atom. The largest absolute Gasteiger partial charge is 0.311 e. The maximum atomic E-state index is 13.9. The fourth-order valence-electron chi connectivity index (χ4n) is 1.95. The van der Waals surface area contributed by atoms with E-state index >= 15 is 0 Å².